The lowest BCUT2D eigenvalue weighted by Crippen LogP contribution is -2.14. The van der Waals surface area contributed by atoms with E-state index in [9.17, 15) is 4.79 Å². The quantitative estimate of drug-likeness (QED) is 0.551. The molecule has 3 heteroatoms. The van der Waals surface area contributed by atoms with Crippen LogP contribution in [0, 0.1) is 12.8 Å². The highest BCUT2D eigenvalue weighted by Crippen LogP contribution is 2.22. The van der Waals surface area contributed by atoms with Crippen LogP contribution in [0.1, 0.15) is 42.6 Å². The molecule has 1 aromatic rings. The van der Waals surface area contributed by atoms with Crippen LogP contribution in [0.3, 0.4) is 0 Å². The van der Waals surface area contributed by atoms with E-state index in [1.807, 2.05) is 25.1 Å². The molecule has 0 aliphatic heterocycles. The summed E-state index contributed by atoms with van der Waals surface area (Å²) in [5.74, 6) is 1.26. The molecule has 18 heavy (non-hydrogen) atoms. The molecular formula is C15H21BrO2. The average Bonchev–Trinajstić information content (AvgIpc) is 2.35. The molecule has 0 amide bonds. The van der Waals surface area contributed by atoms with E-state index < -0.39 is 0 Å². The number of carbonyl (C=O) groups is 1. The lowest BCUT2D eigenvalue weighted by atomic mass is 10.1. The Morgan fingerprint density at radius 1 is 1.44 bits per heavy atom. The topological polar surface area (TPSA) is 26.3 Å². The predicted octanol–water partition coefficient (Wildman–Crippen LogP) is 4.39. The van der Waals surface area contributed by atoms with Crippen LogP contribution in [0.5, 0.6) is 5.75 Å². The number of ketones is 1. The smallest absolute Gasteiger partial charge is 0.163 e. The Morgan fingerprint density at radius 2 is 2.17 bits per heavy atom. The van der Waals surface area contributed by atoms with Gasteiger partial charge in [-0.3, -0.25) is 4.79 Å². The first-order valence-corrected chi connectivity index (χ1v) is 7.51. The predicted molar refractivity (Wildman–Crippen MR) is 78.9 cm³/mol. The van der Waals surface area contributed by atoms with Crippen LogP contribution in [-0.4, -0.2) is 17.7 Å². The molecule has 0 N–H and O–H groups in total. The number of halogens is 1. The van der Waals surface area contributed by atoms with Crippen LogP contribution in [0.15, 0.2) is 18.2 Å². The van der Waals surface area contributed by atoms with Crippen LogP contribution < -0.4 is 4.74 Å². The minimum absolute atomic E-state index is 0.0552. The van der Waals surface area contributed by atoms with Crippen LogP contribution in [0.25, 0.3) is 0 Å². The standard InChI is InChI=1S/C15H21BrO2/c1-4-5-13(9-16)10-18-15-7-6-11(2)8-14(15)12(3)17/h6-8,13H,4-5,9-10H2,1-3H3. The fourth-order valence-electron chi connectivity index (χ4n) is 1.87. The number of benzene rings is 1. The van der Waals surface area contributed by atoms with Crippen LogP contribution in [0.2, 0.25) is 0 Å². The van der Waals surface area contributed by atoms with Gasteiger partial charge in [-0.15, -0.1) is 0 Å². The van der Waals surface area contributed by atoms with Gasteiger partial charge in [-0.2, -0.15) is 0 Å². The molecule has 0 aromatic heterocycles. The van der Waals surface area contributed by atoms with Crippen molar-refractivity contribution in [1.82, 2.24) is 0 Å². The summed E-state index contributed by atoms with van der Waals surface area (Å²) in [7, 11) is 0. The van der Waals surface area contributed by atoms with Gasteiger partial charge in [0.25, 0.3) is 0 Å². The van der Waals surface area contributed by atoms with E-state index in [1.54, 1.807) is 6.92 Å². The van der Waals surface area contributed by atoms with Gasteiger partial charge in [0.05, 0.1) is 12.2 Å². The molecule has 1 rings (SSSR count). The fourth-order valence-corrected chi connectivity index (χ4v) is 2.38. The van der Waals surface area contributed by atoms with Crippen molar-refractivity contribution in [2.75, 3.05) is 11.9 Å². The highest BCUT2D eigenvalue weighted by molar-refractivity contribution is 9.09. The molecule has 1 atom stereocenters. The Kier molecular flexibility index (Phi) is 6.41. The summed E-state index contributed by atoms with van der Waals surface area (Å²) in [5, 5.41) is 0.933. The molecule has 0 bridgehead atoms. The first-order valence-electron chi connectivity index (χ1n) is 6.38. The molecule has 1 aromatic carbocycles. The number of alkyl halides is 1. The summed E-state index contributed by atoms with van der Waals surface area (Å²) in [5.41, 5.74) is 1.76. The molecule has 1 unspecified atom stereocenters. The van der Waals surface area contributed by atoms with Gasteiger partial charge >= 0.3 is 0 Å². The van der Waals surface area contributed by atoms with Crippen LogP contribution >= 0.6 is 15.9 Å². The molecule has 0 aliphatic rings. The van der Waals surface area contributed by atoms with Gasteiger partial charge < -0.3 is 4.74 Å². The zero-order valence-electron chi connectivity index (χ0n) is 11.3. The minimum atomic E-state index is 0.0552. The van der Waals surface area contributed by atoms with Crippen molar-refractivity contribution in [2.24, 2.45) is 5.92 Å². The van der Waals surface area contributed by atoms with E-state index in [0.717, 1.165) is 23.7 Å². The number of aryl methyl sites for hydroxylation is 1. The average molecular weight is 313 g/mol. The molecule has 0 fully saturated rings. The van der Waals surface area contributed by atoms with E-state index >= 15 is 0 Å². The second-order valence-corrected chi connectivity index (χ2v) is 5.32. The summed E-state index contributed by atoms with van der Waals surface area (Å²) in [4.78, 5) is 11.6. The Balaban J connectivity index is 2.74. The third kappa shape index (κ3) is 4.45. The summed E-state index contributed by atoms with van der Waals surface area (Å²) >= 11 is 3.50. The van der Waals surface area contributed by atoms with Gasteiger partial charge in [-0.1, -0.05) is 40.9 Å². The second kappa shape index (κ2) is 7.57. The highest BCUT2D eigenvalue weighted by atomic mass is 79.9. The van der Waals surface area contributed by atoms with E-state index in [-0.39, 0.29) is 5.78 Å². The minimum Gasteiger partial charge on any atom is -0.493 e. The third-order valence-corrected chi connectivity index (χ3v) is 3.82. The Morgan fingerprint density at radius 3 is 2.72 bits per heavy atom. The van der Waals surface area contributed by atoms with Crippen molar-refractivity contribution < 1.29 is 9.53 Å². The lowest BCUT2D eigenvalue weighted by Gasteiger charge is -2.16. The molecule has 0 saturated carbocycles. The van der Waals surface area contributed by atoms with Gasteiger partial charge in [0.1, 0.15) is 5.75 Å². The van der Waals surface area contributed by atoms with Crippen molar-refractivity contribution in [3.05, 3.63) is 29.3 Å². The summed E-state index contributed by atoms with van der Waals surface area (Å²) in [6.45, 7) is 6.38. The number of ether oxygens (including phenoxy) is 1. The maximum Gasteiger partial charge on any atom is 0.163 e. The normalized spacial score (nSPS) is 12.2. The monoisotopic (exact) mass is 312 g/mol. The SMILES string of the molecule is CCCC(CBr)COc1ccc(C)cc1C(C)=O. The van der Waals surface area contributed by atoms with Crippen molar-refractivity contribution in [3.8, 4) is 5.75 Å². The maximum atomic E-state index is 11.6. The number of hydrogen-bond acceptors (Lipinski definition) is 2. The Hall–Kier alpha value is -0.830. The first-order chi connectivity index (χ1) is 8.58. The third-order valence-electron chi connectivity index (χ3n) is 2.90. The molecule has 0 saturated heterocycles. The van der Waals surface area contributed by atoms with Crippen molar-refractivity contribution in [1.29, 1.82) is 0 Å². The number of Topliss-reactive ketones (excluding diaryl/α,β-unsaturated/α-hetero) is 1. The van der Waals surface area contributed by atoms with Gasteiger partial charge in [0, 0.05) is 11.2 Å². The Bertz CT molecular complexity index is 401. The van der Waals surface area contributed by atoms with E-state index in [2.05, 4.69) is 22.9 Å². The summed E-state index contributed by atoms with van der Waals surface area (Å²) in [6, 6.07) is 5.76. The van der Waals surface area contributed by atoms with E-state index in [4.69, 9.17) is 4.74 Å². The van der Waals surface area contributed by atoms with Gasteiger partial charge in [-0.05, 0) is 32.4 Å². The molecule has 100 valence electrons. The fraction of sp³-hybridized carbons (Fsp3) is 0.533. The van der Waals surface area contributed by atoms with Gasteiger partial charge in [-0.25, -0.2) is 0 Å². The summed E-state index contributed by atoms with van der Waals surface area (Å²) in [6.07, 6.45) is 2.28. The van der Waals surface area contributed by atoms with Gasteiger partial charge in [0.2, 0.25) is 0 Å². The lowest BCUT2D eigenvalue weighted by molar-refractivity contribution is 0.101. The molecule has 0 radical (unpaired) electrons. The molecule has 2 nitrogen and oxygen atoms in total. The van der Waals surface area contributed by atoms with Crippen LogP contribution in [0.4, 0.5) is 0 Å². The maximum absolute atomic E-state index is 11.6. The largest absolute Gasteiger partial charge is 0.493 e. The van der Waals surface area contributed by atoms with Crippen LogP contribution in [-0.2, 0) is 0 Å². The van der Waals surface area contributed by atoms with Crippen molar-refractivity contribution >= 4 is 21.7 Å². The van der Waals surface area contributed by atoms with Crippen molar-refractivity contribution in [2.45, 2.75) is 33.6 Å². The molecular weight excluding hydrogens is 292 g/mol. The zero-order valence-corrected chi connectivity index (χ0v) is 12.9. The Labute approximate surface area is 118 Å². The molecule has 0 spiro atoms. The van der Waals surface area contributed by atoms with Gasteiger partial charge in [0.15, 0.2) is 5.78 Å². The highest BCUT2D eigenvalue weighted by Gasteiger charge is 2.12. The molecule has 0 heterocycles. The molecule has 0 aliphatic carbocycles. The van der Waals surface area contributed by atoms with E-state index in [0.29, 0.717) is 23.8 Å². The van der Waals surface area contributed by atoms with E-state index in [1.165, 1.54) is 0 Å². The zero-order chi connectivity index (χ0) is 13.5. The number of carbonyl (C=O) groups excluding carboxylic acids is 1. The van der Waals surface area contributed by atoms with Crippen molar-refractivity contribution in [3.63, 3.8) is 0 Å². The first kappa shape index (κ1) is 15.2. The number of rotatable bonds is 7. The second-order valence-electron chi connectivity index (χ2n) is 4.68. The number of hydrogen-bond donors (Lipinski definition) is 0. The summed E-state index contributed by atoms with van der Waals surface area (Å²) < 4.78 is 5.81.